The van der Waals surface area contributed by atoms with Crippen LogP contribution in [0.2, 0.25) is 0 Å². The first-order chi connectivity index (χ1) is 13.7. The van der Waals surface area contributed by atoms with Gasteiger partial charge in [-0.25, -0.2) is 0 Å². The Hall–Kier alpha value is -3.33. The zero-order valence-corrected chi connectivity index (χ0v) is 15.0. The average Bonchev–Trinajstić information content (AvgIpc) is 3.44. The lowest BCUT2D eigenvalue weighted by Crippen LogP contribution is -2.49. The lowest BCUT2D eigenvalue weighted by Gasteiger charge is -2.33. The van der Waals surface area contributed by atoms with E-state index in [2.05, 4.69) is 10.1 Å². The summed E-state index contributed by atoms with van der Waals surface area (Å²) < 4.78 is 21.3. The van der Waals surface area contributed by atoms with Crippen LogP contribution in [0.3, 0.4) is 0 Å². The molecule has 2 aromatic heterocycles. The largest absolute Gasteiger partial charge is 0.461 e. The van der Waals surface area contributed by atoms with Crippen LogP contribution in [0.4, 0.5) is 0 Å². The van der Waals surface area contributed by atoms with Crippen molar-refractivity contribution in [3.05, 3.63) is 48.0 Å². The molecule has 2 aliphatic rings. The first-order valence-corrected chi connectivity index (χ1v) is 9.00. The summed E-state index contributed by atoms with van der Waals surface area (Å²) in [4.78, 5) is 20.7. The van der Waals surface area contributed by atoms with Gasteiger partial charge in [0.05, 0.1) is 19.4 Å². The number of rotatable bonds is 5. The van der Waals surface area contributed by atoms with Gasteiger partial charge in [0.1, 0.15) is 0 Å². The van der Waals surface area contributed by atoms with Gasteiger partial charge in [-0.3, -0.25) is 9.69 Å². The predicted octanol–water partition coefficient (Wildman–Crippen LogP) is 1.90. The molecule has 1 aromatic carbocycles. The first-order valence-electron chi connectivity index (χ1n) is 9.00. The van der Waals surface area contributed by atoms with E-state index in [4.69, 9.17) is 18.4 Å². The summed E-state index contributed by atoms with van der Waals surface area (Å²) in [6, 6.07) is 9.30. The minimum absolute atomic E-state index is 0.0645. The minimum atomic E-state index is 0.0645. The van der Waals surface area contributed by atoms with Gasteiger partial charge in [-0.2, -0.15) is 4.98 Å². The van der Waals surface area contributed by atoms with Crippen LogP contribution in [0.25, 0.3) is 11.6 Å². The van der Waals surface area contributed by atoms with E-state index in [1.807, 2.05) is 28.0 Å². The van der Waals surface area contributed by atoms with Crippen molar-refractivity contribution in [2.75, 3.05) is 26.4 Å². The smallest absolute Gasteiger partial charge is 0.241 e. The molecule has 144 valence electrons. The Morgan fingerprint density at radius 1 is 1.07 bits per heavy atom. The highest BCUT2D eigenvalue weighted by atomic mass is 16.7. The van der Waals surface area contributed by atoms with Gasteiger partial charge in [0.15, 0.2) is 17.3 Å². The number of ether oxygens (including phenoxy) is 2. The molecule has 0 atom stereocenters. The van der Waals surface area contributed by atoms with Crippen LogP contribution in [0.5, 0.6) is 11.5 Å². The number of nitrogens with zero attached hydrogens (tertiary/aromatic N) is 4. The lowest BCUT2D eigenvalue weighted by atomic mass is 10.1. The Labute approximate surface area is 160 Å². The summed E-state index contributed by atoms with van der Waals surface area (Å²) in [6.45, 7) is 2.89. The maximum Gasteiger partial charge on any atom is 0.241 e. The molecule has 0 unspecified atom stereocenters. The highest BCUT2D eigenvalue weighted by molar-refractivity contribution is 5.79. The summed E-state index contributed by atoms with van der Waals surface area (Å²) >= 11 is 0. The summed E-state index contributed by atoms with van der Waals surface area (Å²) in [7, 11) is 0. The van der Waals surface area contributed by atoms with Crippen molar-refractivity contribution in [3.8, 4) is 23.1 Å². The summed E-state index contributed by atoms with van der Waals surface area (Å²) in [5, 5.41) is 3.92. The number of furan rings is 1. The zero-order chi connectivity index (χ0) is 18.9. The second kappa shape index (κ2) is 7.01. The van der Waals surface area contributed by atoms with Crippen LogP contribution in [-0.2, 0) is 17.9 Å². The summed E-state index contributed by atoms with van der Waals surface area (Å²) in [5.41, 5.74) is 1.02. The van der Waals surface area contributed by atoms with Gasteiger partial charge in [0, 0.05) is 19.6 Å². The fourth-order valence-corrected chi connectivity index (χ4v) is 3.34. The van der Waals surface area contributed by atoms with Gasteiger partial charge >= 0.3 is 0 Å². The molecular weight excluding hydrogens is 364 g/mol. The van der Waals surface area contributed by atoms with Crippen molar-refractivity contribution in [1.82, 2.24) is 19.9 Å². The van der Waals surface area contributed by atoms with E-state index < -0.39 is 0 Å². The van der Waals surface area contributed by atoms with Crippen LogP contribution >= 0.6 is 0 Å². The number of carbonyl (C=O) groups excluding carboxylic acids is 1. The molecule has 0 saturated carbocycles. The Kier molecular flexibility index (Phi) is 4.21. The molecule has 4 heterocycles. The quantitative estimate of drug-likeness (QED) is 0.660. The number of aromatic nitrogens is 2. The molecule has 0 N–H and O–H groups in total. The molecule has 1 saturated heterocycles. The van der Waals surface area contributed by atoms with Crippen molar-refractivity contribution in [2.24, 2.45) is 0 Å². The first kappa shape index (κ1) is 16.8. The van der Waals surface area contributed by atoms with Crippen molar-refractivity contribution >= 4 is 5.91 Å². The molecule has 9 heteroatoms. The summed E-state index contributed by atoms with van der Waals surface area (Å²) in [5.74, 6) is 2.96. The highest BCUT2D eigenvalue weighted by Gasteiger charge is 2.26. The molecule has 28 heavy (non-hydrogen) atoms. The minimum Gasteiger partial charge on any atom is -0.461 e. The second-order valence-corrected chi connectivity index (χ2v) is 6.70. The third-order valence-electron chi connectivity index (χ3n) is 4.78. The SMILES string of the molecule is O=C1CN(Cc2nc(-c3ccco3)no2)CCN1Cc1ccc2c(c1)OCO2. The molecule has 5 rings (SSSR count). The maximum absolute atomic E-state index is 12.6. The molecule has 9 nitrogen and oxygen atoms in total. The molecule has 3 aromatic rings. The van der Waals surface area contributed by atoms with Gasteiger partial charge in [-0.15, -0.1) is 0 Å². The number of piperazine rings is 1. The Morgan fingerprint density at radius 3 is 2.86 bits per heavy atom. The van der Waals surface area contributed by atoms with E-state index in [0.717, 1.165) is 23.6 Å². The van der Waals surface area contributed by atoms with Crippen LogP contribution in [0.1, 0.15) is 11.5 Å². The molecule has 0 bridgehead atoms. The number of carbonyl (C=O) groups is 1. The van der Waals surface area contributed by atoms with Crippen LogP contribution < -0.4 is 9.47 Å². The lowest BCUT2D eigenvalue weighted by molar-refractivity contribution is -0.137. The molecule has 2 aliphatic heterocycles. The number of amides is 1. The van der Waals surface area contributed by atoms with E-state index in [9.17, 15) is 4.79 Å². The van der Waals surface area contributed by atoms with Crippen molar-refractivity contribution in [3.63, 3.8) is 0 Å². The number of fused-ring (bicyclic) bond motifs is 1. The normalized spacial score (nSPS) is 16.7. The number of hydrogen-bond acceptors (Lipinski definition) is 8. The van der Waals surface area contributed by atoms with E-state index in [0.29, 0.717) is 43.7 Å². The van der Waals surface area contributed by atoms with Gasteiger partial charge < -0.3 is 23.3 Å². The topological polar surface area (TPSA) is 94.1 Å². The molecular formula is C19H18N4O5. The number of benzene rings is 1. The molecule has 0 aliphatic carbocycles. The molecule has 0 radical (unpaired) electrons. The van der Waals surface area contributed by atoms with Crippen molar-refractivity contribution in [2.45, 2.75) is 13.1 Å². The number of hydrogen-bond donors (Lipinski definition) is 0. The van der Waals surface area contributed by atoms with Crippen molar-refractivity contribution in [1.29, 1.82) is 0 Å². The second-order valence-electron chi connectivity index (χ2n) is 6.70. The summed E-state index contributed by atoms with van der Waals surface area (Å²) in [6.07, 6.45) is 1.56. The van der Waals surface area contributed by atoms with Gasteiger partial charge in [0.2, 0.25) is 24.4 Å². The van der Waals surface area contributed by atoms with E-state index in [1.165, 1.54) is 0 Å². The fourth-order valence-electron chi connectivity index (χ4n) is 3.34. The molecule has 0 spiro atoms. The fraction of sp³-hybridized carbons (Fsp3) is 0.316. The van der Waals surface area contributed by atoms with E-state index in [-0.39, 0.29) is 12.7 Å². The van der Waals surface area contributed by atoms with Crippen LogP contribution in [-0.4, -0.2) is 52.3 Å². The van der Waals surface area contributed by atoms with Crippen LogP contribution in [0.15, 0.2) is 45.5 Å². The standard InChI is InChI=1S/C19H18N4O5/c24-18-11-22(10-17-20-19(21-28-17)15-2-1-7-25-15)5-6-23(18)9-13-3-4-14-16(8-13)27-12-26-14/h1-4,7-8H,5-6,9-12H2. The van der Waals surface area contributed by atoms with Crippen LogP contribution in [0, 0.1) is 0 Å². The van der Waals surface area contributed by atoms with Gasteiger partial charge in [-0.1, -0.05) is 11.2 Å². The maximum atomic E-state index is 12.6. The molecule has 1 amide bonds. The zero-order valence-electron chi connectivity index (χ0n) is 15.0. The van der Waals surface area contributed by atoms with E-state index >= 15 is 0 Å². The average molecular weight is 382 g/mol. The highest BCUT2D eigenvalue weighted by Crippen LogP contribution is 2.33. The molecule has 1 fully saturated rings. The Bertz CT molecular complexity index is 984. The Morgan fingerprint density at radius 2 is 2.00 bits per heavy atom. The Balaban J connectivity index is 1.18. The third-order valence-corrected chi connectivity index (χ3v) is 4.78. The third kappa shape index (κ3) is 3.31. The van der Waals surface area contributed by atoms with Crippen molar-refractivity contribution < 1.29 is 23.2 Å². The van der Waals surface area contributed by atoms with Gasteiger partial charge in [-0.05, 0) is 29.8 Å². The predicted molar refractivity (Wildman–Crippen MR) is 95.3 cm³/mol. The van der Waals surface area contributed by atoms with E-state index in [1.54, 1.807) is 18.4 Å². The monoisotopic (exact) mass is 382 g/mol. The van der Waals surface area contributed by atoms with Gasteiger partial charge in [0.25, 0.3) is 0 Å².